The number of hydrogen-bond donors (Lipinski definition) is 2. The fraction of sp³-hybridized carbons (Fsp3) is 0.263. The first-order chi connectivity index (χ1) is 12.5. The van der Waals surface area contributed by atoms with Gasteiger partial charge in [0.15, 0.2) is 0 Å². The highest BCUT2D eigenvalue weighted by Gasteiger charge is 2.17. The Morgan fingerprint density at radius 2 is 2.00 bits per heavy atom. The Balaban J connectivity index is 2.23. The molecule has 0 unspecified atom stereocenters. The second-order valence-corrected chi connectivity index (χ2v) is 6.03. The van der Waals surface area contributed by atoms with E-state index in [9.17, 15) is 15.0 Å². The quantitative estimate of drug-likeness (QED) is 0.684. The number of aliphatic hydroxyl groups is 1. The van der Waals surface area contributed by atoms with Crippen molar-refractivity contribution in [2.24, 2.45) is 0 Å². The molecular weight excluding hydrogens is 332 g/mol. The predicted octanol–water partition coefficient (Wildman–Crippen LogP) is 2.47. The number of rotatable bonds is 5. The lowest BCUT2D eigenvalue weighted by atomic mass is 9.95. The molecule has 134 valence electrons. The van der Waals surface area contributed by atoms with Crippen LogP contribution in [0, 0.1) is 13.8 Å². The molecule has 7 heteroatoms. The molecule has 0 bridgehead atoms. The highest BCUT2D eigenvalue weighted by Crippen LogP contribution is 2.29. The fourth-order valence-electron chi connectivity index (χ4n) is 2.99. The molecular formula is C19H20N4O3. The van der Waals surface area contributed by atoms with Crippen molar-refractivity contribution in [2.75, 3.05) is 0 Å². The van der Waals surface area contributed by atoms with E-state index in [1.165, 1.54) is 0 Å². The molecule has 0 fully saturated rings. The predicted molar refractivity (Wildman–Crippen MR) is 97.6 cm³/mol. The third-order valence-electron chi connectivity index (χ3n) is 4.43. The standard InChI is InChI=1S/C19H20N4O3/c1-4-23-17-8-6-13(12(3)19(17)21-22-23)14(9-18(25)26)15-7-5-11(2)16(10-24)20-15/h5-9,24H,4,10H2,1-3H3,(H,25,26)/b14-9+. The maximum absolute atomic E-state index is 11.4. The molecule has 0 aliphatic carbocycles. The molecule has 3 aromatic rings. The lowest BCUT2D eigenvalue weighted by molar-refractivity contribution is -0.131. The summed E-state index contributed by atoms with van der Waals surface area (Å²) < 4.78 is 1.79. The van der Waals surface area contributed by atoms with E-state index >= 15 is 0 Å². The van der Waals surface area contributed by atoms with Crippen molar-refractivity contribution in [2.45, 2.75) is 33.9 Å². The number of hydrogen-bond acceptors (Lipinski definition) is 5. The first-order valence-electron chi connectivity index (χ1n) is 8.31. The molecule has 1 aromatic carbocycles. The number of carboxylic acid groups (broad SMARTS) is 1. The SMILES string of the molecule is CCn1nnc2c(C)c(/C(=C\C(=O)O)c3ccc(C)c(CO)n3)ccc21. The molecule has 0 amide bonds. The minimum Gasteiger partial charge on any atom is -0.478 e. The summed E-state index contributed by atoms with van der Waals surface area (Å²) in [5.41, 5.74) is 5.53. The number of benzene rings is 1. The van der Waals surface area contributed by atoms with E-state index < -0.39 is 5.97 Å². The summed E-state index contributed by atoms with van der Waals surface area (Å²) in [6, 6.07) is 7.33. The number of carboxylic acids is 1. The van der Waals surface area contributed by atoms with Gasteiger partial charge in [-0.25, -0.2) is 9.48 Å². The summed E-state index contributed by atoms with van der Waals surface area (Å²) in [4.78, 5) is 15.9. The summed E-state index contributed by atoms with van der Waals surface area (Å²) in [7, 11) is 0. The maximum Gasteiger partial charge on any atom is 0.329 e. The Kier molecular flexibility index (Phi) is 4.81. The van der Waals surface area contributed by atoms with Crippen LogP contribution in [0.3, 0.4) is 0 Å². The van der Waals surface area contributed by atoms with Crippen molar-refractivity contribution in [1.29, 1.82) is 0 Å². The number of aryl methyl sites for hydroxylation is 3. The third-order valence-corrected chi connectivity index (χ3v) is 4.43. The fourth-order valence-corrected chi connectivity index (χ4v) is 2.99. The molecule has 2 N–H and O–H groups in total. The van der Waals surface area contributed by atoms with Crippen molar-refractivity contribution in [3.8, 4) is 0 Å². The maximum atomic E-state index is 11.4. The van der Waals surface area contributed by atoms with Crippen LogP contribution in [0.5, 0.6) is 0 Å². The molecule has 0 saturated heterocycles. The van der Waals surface area contributed by atoms with Gasteiger partial charge in [-0.05, 0) is 49.6 Å². The van der Waals surface area contributed by atoms with E-state index in [-0.39, 0.29) is 6.61 Å². The Hall–Kier alpha value is -3.06. The minimum absolute atomic E-state index is 0.205. The molecule has 2 heterocycles. The van der Waals surface area contributed by atoms with Crippen LogP contribution in [-0.4, -0.2) is 36.2 Å². The highest BCUT2D eigenvalue weighted by molar-refractivity contribution is 5.97. The third kappa shape index (κ3) is 3.09. The van der Waals surface area contributed by atoms with Gasteiger partial charge >= 0.3 is 5.97 Å². The topological polar surface area (TPSA) is 101 Å². The van der Waals surface area contributed by atoms with Crippen LogP contribution in [0.25, 0.3) is 16.6 Å². The first-order valence-corrected chi connectivity index (χ1v) is 8.31. The van der Waals surface area contributed by atoms with Crippen LogP contribution in [0.2, 0.25) is 0 Å². The van der Waals surface area contributed by atoms with E-state index in [0.717, 1.165) is 33.8 Å². The lowest BCUT2D eigenvalue weighted by Gasteiger charge is -2.12. The summed E-state index contributed by atoms with van der Waals surface area (Å²) in [5.74, 6) is -1.07. The smallest absolute Gasteiger partial charge is 0.329 e. The van der Waals surface area contributed by atoms with Crippen LogP contribution in [0.4, 0.5) is 0 Å². The zero-order valence-corrected chi connectivity index (χ0v) is 14.9. The molecule has 0 radical (unpaired) electrons. The average Bonchev–Trinajstić information content (AvgIpc) is 3.05. The van der Waals surface area contributed by atoms with Gasteiger partial charge < -0.3 is 10.2 Å². The zero-order valence-electron chi connectivity index (χ0n) is 14.9. The number of pyridine rings is 1. The Labute approximate surface area is 150 Å². The largest absolute Gasteiger partial charge is 0.478 e. The summed E-state index contributed by atoms with van der Waals surface area (Å²) >= 11 is 0. The second kappa shape index (κ2) is 7.05. The van der Waals surface area contributed by atoms with Crippen molar-refractivity contribution in [3.63, 3.8) is 0 Å². The number of aliphatic carboxylic acids is 1. The van der Waals surface area contributed by atoms with Crippen molar-refractivity contribution < 1.29 is 15.0 Å². The van der Waals surface area contributed by atoms with Crippen molar-refractivity contribution >= 4 is 22.6 Å². The van der Waals surface area contributed by atoms with Crippen LogP contribution >= 0.6 is 0 Å². The van der Waals surface area contributed by atoms with Gasteiger partial charge in [-0.15, -0.1) is 5.10 Å². The van der Waals surface area contributed by atoms with Gasteiger partial charge in [0.2, 0.25) is 0 Å². The molecule has 0 aliphatic heterocycles. The van der Waals surface area contributed by atoms with Gasteiger partial charge in [-0.2, -0.15) is 0 Å². The van der Waals surface area contributed by atoms with Gasteiger partial charge in [0.05, 0.1) is 23.5 Å². The minimum atomic E-state index is -1.07. The number of aliphatic hydroxyl groups excluding tert-OH is 1. The van der Waals surface area contributed by atoms with E-state index in [0.29, 0.717) is 23.5 Å². The Morgan fingerprint density at radius 1 is 1.23 bits per heavy atom. The number of fused-ring (bicyclic) bond motifs is 1. The van der Waals surface area contributed by atoms with Gasteiger partial charge in [0, 0.05) is 18.2 Å². The number of aromatic nitrogens is 4. The van der Waals surface area contributed by atoms with Crippen LogP contribution in [-0.2, 0) is 17.9 Å². The normalized spacial score (nSPS) is 11.9. The monoisotopic (exact) mass is 352 g/mol. The van der Waals surface area contributed by atoms with Gasteiger partial charge in [-0.1, -0.05) is 17.3 Å². The number of nitrogens with zero attached hydrogens (tertiary/aromatic N) is 4. The van der Waals surface area contributed by atoms with Gasteiger partial charge in [0.1, 0.15) is 5.52 Å². The summed E-state index contributed by atoms with van der Waals surface area (Å²) in [5, 5.41) is 27.2. The van der Waals surface area contributed by atoms with Crippen molar-refractivity contribution in [1.82, 2.24) is 20.0 Å². The molecule has 2 aromatic heterocycles. The molecule has 0 spiro atoms. The Morgan fingerprint density at radius 3 is 2.65 bits per heavy atom. The van der Waals surface area contributed by atoms with E-state index in [1.807, 2.05) is 39.0 Å². The lowest BCUT2D eigenvalue weighted by Crippen LogP contribution is -2.03. The molecule has 26 heavy (non-hydrogen) atoms. The Bertz CT molecular complexity index is 1020. The van der Waals surface area contributed by atoms with E-state index in [4.69, 9.17) is 0 Å². The highest BCUT2D eigenvalue weighted by atomic mass is 16.4. The van der Waals surface area contributed by atoms with Crippen LogP contribution in [0.1, 0.15) is 35.0 Å². The molecule has 0 atom stereocenters. The molecule has 3 rings (SSSR count). The van der Waals surface area contributed by atoms with Gasteiger partial charge in [0.25, 0.3) is 0 Å². The molecule has 7 nitrogen and oxygen atoms in total. The summed E-state index contributed by atoms with van der Waals surface area (Å²) in [6.07, 6.45) is 1.14. The average molecular weight is 352 g/mol. The van der Waals surface area contributed by atoms with Crippen LogP contribution in [0.15, 0.2) is 30.3 Å². The zero-order chi connectivity index (χ0) is 18.8. The molecule has 0 aliphatic rings. The van der Waals surface area contributed by atoms with Gasteiger partial charge in [-0.3, -0.25) is 4.98 Å². The van der Waals surface area contributed by atoms with E-state index in [2.05, 4.69) is 15.3 Å². The second-order valence-electron chi connectivity index (χ2n) is 6.03. The number of carbonyl (C=O) groups is 1. The summed E-state index contributed by atoms with van der Waals surface area (Å²) in [6.45, 7) is 6.22. The first kappa shape index (κ1) is 17.8. The van der Waals surface area contributed by atoms with Crippen molar-refractivity contribution in [3.05, 3.63) is 58.4 Å². The van der Waals surface area contributed by atoms with E-state index in [1.54, 1.807) is 10.7 Å². The molecule has 0 saturated carbocycles. The van der Waals surface area contributed by atoms with Crippen LogP contribution < -0.4 is 0 Å².